The molecule has 1 unspecified atom stereocenters. The van der Waals surface area contributed by atoms with Crippen molar-refractivity contribution in [2.24, 2.45) is 0 Å². The van der Waals surface area contributed by atoms with E-state index in [0.29, 0.717) is 11.1 Å². The topological polar surface area (TPSA) is 50.1 Å². The molecule has 0 saturated carbocycles. The summed E-state index contributed by atoms with van der Waals surface area (Å²) in [6.45, 7) is 7.92. The zero-order valence-electron chi connectivity index (χ0n) is 13.9. The second kappa shape index (κ2) is 7.61. The highest BCUT2D eigenvalue weighted by Gasteiger charge is 2.27. The second-order valence-corrected chi connectivity index (χ2v) is 5.94. The summed E-state index contributed by atoms with van der Waals surface area (Å²) in [5.74, 6) is 0.721. The van der Waals surface area contributed by atoms with Gasteiger partial charge >= 0.3 is 0 Å². The van der Waals surface area contributed by atoms with Crippen molar-refractivity contribution in [1.29, 1.82) is 5.26 Å². The van der Waals surface area contributed by atoms with E-state index in [1.807, 2.05) is 26.0 Å². The monoisotopic (exact) mass is 297 g/mol. The normalized spacial score (nSPS) is 13.7. The van der Waals surface area contributed by atoms with Crippen molar-refractivity contribution in [2.45, 2.75) is 39.5 Å². The summed E-state index contributed by atoms with van der Waals surface area (Å²) in [5.41, 5.74) is 2.94. The lowest BCUT2D eigenvalue weighted by atomic mass is 9.76. The van der Waals surface area contributed by atoms with E-state index < -0.39 is 5.41 Å². The fourth-order valence-electron chi connectivity index (χ4n) is 2.42. The molecule has 1 aromatic carbocycles. The molecule has 0 aliphatic carbocycles. The van der Waals surface area contributed by atoms with Gasteiger partial charge in [-0.1, -0.05) is 24.6 Å². The lowest BCUT2D eigenvalue weighted by molar-refractivity contribution is -0.104. The van der Waals surface area contributed by atoms with Crippen LogP contribution in [0, 0.1) is 11.3 Å². The summed E-state index contributed by atoms with van der Waals surface area (Å²) in [4.78, 5) is 11.1. The molecule has 116 valence electrons. The van der Waals surface area contributed by atoms with Gasteiger partial charge in [-0.15, -0.1) is 0 Å². The number of methoxy groups -OCH3 is 1. The van der Waals surface area contributed by atoms with Gasteiger partial charge in [-0.2, -0.15) is 5.26 Å². The highest BCUT2D eigenvalue weighted by molar-refractivity contribution is 5.73. The number of benzene rings is 1. The fourth-order valence-corrected chi connectivity index (χ4v) is 2.42. The van der Waals surface area contributed by atoms with Crippen molar-refractivity contribution in [3.05, 3.63) is 52.6 Å². The quantitative estimate of drug-likeness (QED) is 0.446. The molecular formula is C19H23NO2. The van der Waals surface area contributed by atoms with E-state index in [1.165, 1.54) is 5.57 Å². The van der Waals surface area contributed by atoms with E-state index in [-0.39, 0.29) is 0 Å². The third kappa shape index (κ3) is 4.33. The molecule has 0 aromatic heterocycles. The number of rotatable bonds is 6. The van der Waals surface area contributed by atoms with Crippen LogP contribution >= 0.6 is 0 Å². The Balaban J connectivity index is 3.53. The number of aldehydes is 1. The molecule has 0 radical (unpaired) electrons. The number of nitriles is 1. The van der Waals surface area contributed by atoms with Crippen LogP contribution in [0.4, 0.5) is 0 Å². The molecule has 0 amide bonds. The summed E-state index contributed by atoms with van der Waals surface area (Å²) >= 11 is 0. The zero-order valence-corrected chi connectivity index (χ0v) is 13.9. The number of hydrogen-bond donors (Lipinski definition) is 0. The number of carbonyl (C=O) groups excluding carboxylic acids is 1. The summed E-state index contributed by atoms with van der Waals surface area (Å²) in [6, 6.07) is 7.54. The van der Waals surface area contributed by atoms with E-state index in [1.54, 1.807) is 26.2 Å². The Morgan fingerprint density at radius 2 is 2.05 bits per heavy atom. The van der Waals surface area contributed by atoms with Crippen LogP contribution in [0.5, 0.6) is 5.75 Å². The number of allylic oxidation sites excluding steroid dienone is 4. The molecule has 0 fully saturated rings. The standard InChI is InChI=1S/C19H23NO2/c1-14(2)8-9-19(4,11-15(3)13-21)17-10-16(12-20)6-7-18(17)22-5/h6-8,10-11,13H,9H2,1-5H3/b15-11+. The Hall–Kier alpha value is -2.34. The van der Waals surface area contributed by atoms with Crippen molar-refractivity contribution in [1.82, 2.24) is 0 Å². The van der Waals surface area contributed by atoms with Crippen LogP contribution in [0.25, 0.3) is 0 Å². The maximum atomic E-state index is 11.1. The van der Waals surface area contributed by atoms with Crippen molar-refractivity contribution < 1.29 is 9.53 Å². The van der Waals surface area contributed by atoms with Crippen LogP contribution < -0.4 is 4.74 Å². The smallest absolute Gasteiger partial charge is 0.145 e. The van der Waals surface area contributed by atoms with E-state index in [2.05, 4.69) is 19.1 Å². The van der Waals surface area contributed by atoms with Gasteiger partial charge in [0.15, 0.2) is 0 Å². The lowest BCUT2D eigenvalue weighted by Gasteiger charge is -2.28. The van der Waals surface area contributed by atoms with Crippen molar-refractivity contribution in [2.75, 3.05) is 7.11 Å². The van der Waals surface area contributed by atoms with Gasteiger partial charge in [0.1, 0.15) is 12.0 Å². The molecule has 3 nitrogen and oxygen atoms in total. The minimum atomic E-state index is -0.416. The largest absolute Gasteiger partial charge is 0.496 e. The van der Waals surface area contributed by atoms with Gasteiger partial charge in [0, 0.05) is 11.0 Å². The van der Waals surface area contributed by atoms with E-state index in [4.69, 9.17) is 10.00 Å². The predicted molar refractivity (Wildman–Crippen MR) is 88.9 cm³/mol. The maximum Gasteiger partial charge on any atom is 0.145 e. The third-order valence-electron chi connectivity index (χ3n) is 3.61. The lowest BCUT2D eigenvalue weighted by Crippen LogP contribution is -2.20. The molecule has 1 rings (SSSR count). The number of nitrogens with zero attached hydrogens (tertiary/aromatic N) is 1. The first-order valence-corrected chi connectivity index (χ1v) is 7.23. The summed E-state index contributed by atoms with van der Waals surface area (Å²) in [5, 5.41) is 9.16. The van der Waals surface area contributed by atoms with Gasteiger partial charge in [-0.25, -0.2) is 0 Å². The van der Waals surface area contributed by atoms with Gasteiger partial charge in [0.2, 0.25) is 0 Å². The van der Waals surface area contributed by atoms with Crippen molar-refractivity contribution >= 4 is 6.29 Å². The molecule has 0 aliphatic rings. The highest BCUT2D eigenvalue weighted by Crippen LogP contribution is 2.38. The van der Waals surface area contributed by atoms with Gasteiger partial charge in [-0.05, 0) is 51.0 Å². The van der Waals surface area contributed by atoms with Crippen LogP contribution in [-0.2, 0) is 10.2 Å². The van der Waals surface area contributed by atoms with Crippen LogP contribution in [0.15, 0.2) is 41.5 Å². The van der Waals surface area contributed by atoms with E-state index >= 15 is 0 Å². The van der Waals surface area contributed by atoms with E-state index in [9.17, 15) is 4.79 Å². The summed E-state index contributed by atoms with van der Waals surface area (Å²) < 4.78 is 5.47. The molecule has 0 bridgehead atoms. The average Bonchev–Trinajstić information content (AvgIpc) is 2.52. The molecule has 22 heavy (non-hydrogen) atoms. The fraction of sp³-hybridized carbons (Fsp3) is 0.368. The van der Waals surface area contributed by atoms with Gasteiger partial charge in [-0.3, -0.25) is 4.79 Å². The second-order valence-electron chi connectivity index (χ2n) is 5.94. The SMILES string of the molecule is COc1ccc(C#N)cc1C(C)(/C=C(\C)C=O)CC=C(C)C. The Bertz CT molecular complexity index is 646. The minimum absolute atomic E-state index is 0.416. The minimum Gasteiger partial charge on any atom is -0.496 e. The van der Waals surface area contributed by atoms with Gasteiger partial charge < -0.3 is 4.74 Å². The predicted octanol–water partition coefficient (Wildman–Crippen LogP) is 4.33. The average molecular weight is 297 g/mol. The van der Waals surface area contributed by atoms with Crippen LogP contribution in [0.2, 0.25) is 0 Å². The van der Waals surface area contributed by atoms with E-state index in [0.717, 1.165) is 24.0 Å². The van der Waals surface area contributed by atoms with Crippen molar-refractivity contribution in [3.8, 4) is 11.8 Å². The summed E-state index contributed by atoms with van der Waals surface area (Å²) in [6.07, 6.45) is 5.65. The Labute approximate surface area is 132 Å². The molecule has 0 saturated heterocycles. The molecule has 0 aliphatic heterocycles. The number of hydrogen-bond acceptors (Lipinski definition) is 3. The molecule has 0 N–H and O–H groups in total. The van der Waals surface area contributed by atoms with Gasteiger partial charge in [0.05, 0.1) is 18.7 Å². The number of carbonyl (C=O) groups is 1. The zero-order chi connectivity index (χ0) is 16.8. The molecule has 1 aromatic rings. The maximum absolute atomic E-state index is 11.1. The summed E-state index contributed by atoms with van der Waals surface area (Å²) in [7, 11) is 1.61. The van der Waals surface area contributed by atoms with Gasteiger partial charge in [0.25, 0.3) is 0 Å². The first-order valence-electron chi connectivity index (χ1n) is 7.23. The number of ether oxygens (including phenoxy) is 1. The Morgan fingerprint density at radius 3 is 2.55 bits per heavy atom. The first-order chi connectivity index (χ1) is 10.4. The molecule has 0 heterocycles. The molecule has 3 heteroatoms. The first kappa shape index (κ1) is 17.7. The van der Waals surface area contributed by atoms with Crippen LogP contribution in [-0.4, -0.2) is 13.4 Å². The van der Waals surface area contributed by atoms with Crippen LogP contribution in [0.3, 0.4) is 0 Å². The highest BCUT2D eigenvalue weighted by atomic mass is 16.5. The Morgan fingerprint density at radius 1 is 1.36 bits per heavy atom. The van der Waals surface area contributed by atoms with Crippen molar-refractivity contribution in [3.63, 3.8) is 0 Å². The van der Waals surface area contributed by atoms with Crippen LogP contribution in [0.1, 0.15) is 45.2 Å². The molecule has 1 atom stereocenters. The Kier molecular flexibility index (Phi) is 6.12. The molecule has 0 spiro atoms. The third-order valence-corrected chi connectivity index (χ3v) is 3.61. The molecular weight excluding hydrogens is 274 g/mol.